The quantitative estimate of drug-likeness (QED) is 0.454. The van der Waals surface area contributed by atoms with Gasteiger partial charge < -0.3 is 25.4 Å². The van der Waals surface area contributed by atoms with Gasteiger partial charge in [0, 0.05) is 30.7 Å². The van der Waals surface area contributed by atoms with E-state index in [0.29, 0.717) is 23.2 Å². The van der Waals surface area contributed by atoms with E-state index in [9.17, 15) is 0 Å². The Bertz CT molecular complexity index is 961. The maximum absolute atomic E-state index is 6.06. The van der Waals surface area contributed by atoms with Gasteiger partial charge in [-0.1, -0.05) is 18.2 Å². The number of hydrogen-bond donors (Lipinski definition) is 2. The SMILES string of the molecule is COc1cccc(OC)c1CN=C(N)Nc1nc(-c2ccc(N(C)C)cc2)cs1. The van der Waals surface area contributed by atoms with Crippen molar-refractivity contribution in [2.24, 2.45) is 10.7 Å². The first kappa shape index (κ1) is 20.5. The third kappa shape index (κ3) is 4.97. The number of nitrogens with zero attached hydrogens (tertiary/aromatic N) is 3. The number of anilines is 2. The Morgan fingerprint density at radius 2 is 1.76 bits per heavy atom. The first-order valence-electron chi connectivity index (χ1n) is 9.02. The molecule has 1 heterocycles. The lowest BCUT2D eigenvalue weighted by Crippen LogP contribution is -2.22. The largest absolute Gasteiger partial charge is 0.496 e. The molecule has 0 saturated heterocycles. The molecule has 8 heteroatoms. The van der Waals surface area contributed by atoms with Crippen molar-refractivity contribution in [3.8, 4) is 22.8 Å². The van der Waals surface area contributed by atoms with Gasteiger partial charge in [-0.3, -0.25) is 0 Å². The van der Waals surface area contributed by atoms with Crippen LogP contribution in [0.2, 0.25) is 0 Å². The van der Waals surface area contributed by atoms with Crippen LogP contribution in [-0.2, 0) is 6.54 Å². The summed E-state index contributed by atoms with van der Waals surface area (Å²) in [6, 6.07) is 13.8. The second-order valence-electron chi connectivity index (χ2n) is 6.45. The summed E-state index contributed by atoms with van der Waals surface area (Å²) in [5, 5.41) is 5.73. The number of hydrogen-bond acceptors (Lipinski definition) is 6. The van der Waals surface area contributed by atoms with E-state index in [0.717, 1.165) is 22.5 Å². The average molecular weight is 412 g/mol. The van der Waals surface area contributed by atoms with Gasteiger partial charge in [-0.05, 0) is 24.3 Å². The number of thiazole rings is 1. The molecule has 0 atom stereocenters. The maximum Gasteiger partial charge on any atom is 0.195 e. The minimum absolute atomic E-state index is 0.279. The van der Waals surface area contributed by atoms with Crippen LogP contribution in [0.1, 0.15) is 5.56 Å². The highest BCUT2D eigenvalue weighted by atomic mass is 32.1. The molecule has 0 aliphatic rings. The summed E-state index contributed by atoms with van der Waals surface area (Å²) >= 11 is 1.48. The number of nitrogens with two attached hydrogens (primary N) is 1. The summed E-state index contributed by atoms with van der Waals surface area (Å²) in [5.41, 5.74) is 9.98. The molecule has 0 unspecified atom stereocenters. The summed E-state index contributed by atoms with van der Waals surface area (Å²) in [7, 11) is 7.27. The number of ether oxygens (including phenoxy) is 2. The molecule has 7 nitrogen and oxygen atoms in total. The summed E-state index contributed by atoms with van der Waals surface area (Å²) in [6.07, 6.45) is 0. The molecule has 1 aromatic heterocycles. The van der Waals surface area contributed by atoms with Gasteiger partial charge in [0.25, 0.3) is 0 Å². The van der Waals surface area contributed by atoms with Crippen molar-refractivity contribution in [3.63, 3.8) is 0 Å². The maximum atomic E-state index is 6.06. The fourth-order valence-electron chi connectivity index (χ4n) is 2.79. The van der Waals surface area contributed by atoms with Crippen LogP contribution in [0.5, 0.6) is 11.5 Å². The highest BCUT2D eigenvalue weighted by Crippen LogP contribution is 2.29. The average Bonchev–Trinajstić information content (AvgIpc) is 3.20. The van der Waals surface area contributed by atoms with Gasteiger partial charge in [0.1, 0.15) is 11.5 Å². The normalized spacial score (nSPS) is 11.2. The summed E-state index contributed by atoms with van der Waals surface area (Å²) < 4.78 is 10.8. The monoisotopic (exact) mass is 411 g/mol. The van der Waals surface area contributed by atoms with E-state index in [2.05, 4.69) is 44.5 Å². The van der Waals surface area contributed by atoms with Crippen molar-refractivity contribution in [2.45, 2.75) is 6.54 Å². The van der Waals surface area contributed by atoms with Crippen molar-refractivity contribution in [1.29, 1.82) is 0 Å². The number of rotatable bonds is 7. The lowest BCUT2D eigenvalue weighted by Gasteiger charge is -2.12. The zero-order chi connectivity index (χ0) is 20.8. The molecule has 0 saturated carbocycles. The smallest absolute Gasteiger partial charge is 0.195 e. The second-order valence-corrected chi connectivity index (χ2v) is 7.30. The molecule has 0 amide bonds. The van der Waals surface area contributed by atoms with Crippen LogP contribution in [0.4, 0.5) is 10.8 Å². The molecule has 0 bridgehead atoms. The standard InChI is InChI=1S/C21H25N5O2S/c1-26(2)15-10-8-14(9-11-15)17-13-29-21(24-17)25-20(22)23-12-16-18(27-3)6-5-7-19(16)28-4/h5-11,13H,12H2,1-4H3,(H3,22,23,24,25). The summed E-state index contributed by atoms with van der Waals surface area (Å²) in [5.74, 6) is 1.69. The van der Waals surface area contributed by atoms with E-state index in [4.69, 9.17) is 15.2 Å². The molecule has 0 aliphatic heterocycles. The molecule has 0 spiro atoms. The van der Waals surface area contributed by atoms with Gasteiger partial charge in [0.05, 0.1) is 32.0 Å². The molecular formula is C21H25N5O2S. The fraction of sp³-hybridized carbons (Fsp3) is 0.238. The summed E-state index contributed by atoms with van der Waals surface area (Å²) in [6.45, 7) is 0.330. The van der Waals surface area contributed by atoms with Gasteiger partial charge >= 0.3 is 0 Å². The number of benzene rings is 2. The van der Waals surface area contributed by atoms with Crippen LogP contribution < -0.4 is 25.4 Å². The zero-order valence-electron chi connectivity index (χ0n) is 17.0. The molecule has 0 fully saturated rings. The number of aromatic nitrogens is 1. The Hall–Kier alpha value is -3.26. The van der Waals surface area contributed by atoms with Gasteiger partial charge in [0.2, 0.25) is 0 Å². The van der Waals surface area contributed by atoms with Gasteiger partial charge in [-0.25, -0.2) is 9.98 Å². The number of guanidine groups is 1. The van der Waals surface area contributed by atoms with E-state index in [1.54, 1.807) is 14.2 Å². The fourth-order valence-corrected chi connectivity index (χ4v) is 3.52. The third-order valence-corrected chi connectivity index (χ3v) is 5.11. The highest BCUT2D eigenvalue weighted by molar-refractivity contribution is 7.14. The van der Waals surface area contributed by atoms with E-state index in [-0.39, 0.29) is 5.96 Å². The molecule has 3 N–H and O–H groups in total. The van der Waals surface area contributed by atoms with Crippen molar-refractivity contribution >= 4 is 28.1 Å². The molecule has 3 rings (SSSR count). The van der Waals surface area contributed by atoms with Gasteiger partial charge in [-0.2, -0.15) is 0 Å². The topological polar surface area (TPSA) is 85.0 Å². The molecule has 29 heavy (non-hydrogen) atoms. The van der Waals surface area contributed by atoms with Gasteiger partial charge in [0.15, 0.2) is 11.1 Å². The van der Waals surface area contributed by atoms with Crippen molar-refractivity contribution in [3.05, 3.63) is 53.4 Å². The van der Waals surface area contributed by atoms with Crippen molar-refractivity contribution < 1.29 is 9.47 Å². The lowest BCUT2D eigenvalue weighted by molar-refractivity contribution is 0.385. The Morgan fingerprint density at radius 1 is 1.10 bits per heavy atom. The number of methoxy groups -OCH3 is 2. The Kier molecular flexibility index (Phi) is 6.56. The van der Waals surface area contributed by atoms with Crippen LogP contribution in [0.15, 0.2) is 52.8 Å². The molecular weight excluding hydrogens is 386 g/mol. The van der Waals surface area contributed by atoms with Crippen LogP contribution in [0, 0.1) is 0 Å². The van der Waals surface area contributed by atoms with Crippen LogP contribution in [0.25, 0.3) is 11.3 Å². The second kappa shape index (κ2) is 9.29. The Morgan fingerprint density at radius 3 is 2.34 bits per heavy atom. The Labute approximate surface area is 174 Å². The zero-order valence-corrected chi connectivity index (χ0v) is 17.8. The van der Waals surface area contributed by atoms with E-state index >= 15 is 0 Å². The van der Waals surface area contributed by atoms with Crippen LogP contribution >= 0.6 is 11.3 Å². The summed E-state index contributed by atoms with van der Waals surface area (Å²) in [4.78, 5) is 11.1. The van der Waals surface area contributed by atoms with Crippen molar-refractivity contribution in [2.75, 3.05) is 38.5 Å². The first-order chi connectivity index (χ1) is 14.0. The lowest BCUT2D eigenvalue weighted by atomic mass is 10.1. The number of nitrogens with one attached hydrogen (secondary N) is 1. The van der Waals surface area contributed by atoms with Crippen molar-refractivity contribution in [1.82, 2.24) is 4.98 Å². The third-order valence-electron chi connectivity index (χ3n) is 4.36. The molecule has 152 valence electrons. The van der Waals surface area contributed by atoms with Crippen LogP contribution in [-0.4, -0.2) is 39.3 Å². The molecule has 3 aromatic rings. The van der Waals surface area contributed by atoms with E-state index < -0.39 is 0 Å². The molecule has 2 aromatic carbocycles. The molecule has 0 aliphatic carbocycles. The van der Waals surface area contributed by atoms with E-state index in [1.165, 1.54) is 11.3 Å². The first-order valence-corrected chi connectivity index (χ1v) is 9.90. The minimum Gasteiger partial charge on any atom is -0.496 e. The van der Waals surface area contributed by atoms with Gasteiger partial charge in [-0.15, -0.1) is 11.3 Å². The predicted molar refractivity (Wildman–Crippen MR) is 120 cm³/mol. The Balaban J connectivity index is 1.70. The minimum atomic E-state index is 0.279. The highest BCUT2D eigenvalue weighted by Gasteiger charge is 2.10. The molecule has 0 radical (unpaired) electrons. The predicted octanol–water partition coefficient (Wildman–Crippen LogP) is 3.82. The van der Waals surface area contributed by atoms with E-state index in [1.807, 2.05) is 37.7 Å². The number of aliphatic imine (C=N–C) groups is 1. The van der Waals surface area contributed by atoms with Crippen LogP contribution in [0.3, 0.4) is 0 Å².